The van der Waals surface area contributed by atoms with Crippen LogP contribution < -0.4 is 5.32 Å². The van der Waals surface area contributed by atoms with Crippen LogP contribution in [0.15, 0.2) is 70.4 Å². The van der Waals surface area contributed by atoms with Gasteiger partial charge in [-0.25, -0.2) is 8.42 Å². The zero-order valence-electron chi connectivity index (χ0n) is 14.9. The van der Waals surface area contributed by atoms with E-state index in [9.17, 15) is 13.2 Å². The van der Waals surface area contributed by atoms with Crippen molar-refractivity contribution >= 4 is 15.7 Å². The van der Waals surface area contributed by atoms with Crippen molar-refractivity contribution < 1.29 is 17.6 Å². The lowest BCUT2D eigenvalue weighted by Crippen LogP contribution is -2.23. The molecule has 0 aliphatic carbocycles. The number of rotatable bonds is 7. The number of pyridine rings is 1. The number of hydrogen-bond donors (Lipinski definition) is 1. The molecule has 0 aliphatic rings. The summed E-state index contributed by atoms with van der Waals surface area (Å²) in [5.41, 5.74) is 2.66. The monoisotopic (exact) mass is 384 g/mol. The second kappa shape index (κ2) is 8.18. The minimum Gasteiger partial charge on any atom is -0.464 e. The van der Waals surface area contributed by atoms with Crippen molar-refractivity contribution in [3.05, 3.63) is 72.2 Å². The number of aromatic nitrogens is 1. The fourth-order valence-corrected chi connectivity index (χ4v) is 3.24. The van der Waals surface area contributed by atoms with Gasteiger partial charge in [-0.05, 0) is 47.9 Å². The Hall–Kier alpha value is -2.93. The summed E-state index contributed by atoms with van der Waals surface area (Å²) in [4.78, 5) is 16.5. The highest BCUT2D eigenvalue weighted by atomic mass is 32.2. The maximum absolute atomic E-state index is 12.1. The molecule has 2 aromatic heterocycles. The second-order valence-electron chi connectivity index (χ2n) is 6.25. The van der Waals surface area contributed by atoms with E-state index in [1.807, 2.05) is 18.2 Å². The van der Waals surface area contributed by atoms with E-state index in [-0.39, 0.29) is 10.8 Å². The Bertz CT molecular complexity index is 1010. The van der Waals surface area contributed by atoms with Crippen LogP contribution in [0.5, 0.6) is 0 Å². The molecule has 7 heteroatoms. The number of sulfone groups is 1. The number of benzene rings is 1. The number of aryl methyl sites for hydroxylation is 1. The van der Waals surface area contributed by atoms with E-state index >= 15 is 0 Å². The van der Waals surface area contributed by atoms with Gasteiger partial charge in [0.2, 0.25) is 5.91 Å². The zero-order chi connectivity index (χ0) is 19.3. The molecule has 0 bridgehead atoms. The van der Waals surface area contributed by atoms with Gasteiger partial charge in [0, 0.05) is 37.2 Å². The van der Waals surface area contributed by atoms with Crippen LogP contribution in [0.3, 0.4) is 0 Å². The highest BCUT2D eigenvalue weighted by Crippen LogP contribution is 2.19. The number of furan rings is 1. The van der Waals surface area contributed by atoms with Crippen molar-refractivity contribution in [2.24, 2.45) is 0 Å². The molecule has 0 saturated carbocycles. The van der Waals surface area contributed by atoms with E-state index in [0.717, 1.165) is 22.5 Å². The third-order valence-electron chi connectivity index (χ3n) is 4.08. The lowest BCUT2D eigenvalue weighted by Gasteiger charge is -2.07. The van der Waals surface area contributed by atoms with Crippen molar-refractivity contribution in [3.8, 4) is 11.3 Å². The summed E-state index contributed by atoms with van der Waals surface area (Å²) in [6, 6.07) is 12.2. The van der Waals surface area contributed by atoms with Gasteiger partial charge in [0.25, 0.3) is 0 Å². The molecule has 0 unspecified atom stereocenters. The van der Waals surface area contributed by atoms with E-state index in [2.05, 4.69) is 10.3 Å². The van der Waals surface area contributed by atoms with Gasteiger partial charge >= 0.3 is 0 Å². The van der Waals surface area contributed by atoms with Gasteiger partial charge < -0.3 is 9.73 Å². The first-order valence-electron chi connectivity index (χ1n) is 8.45. The van der Waals surface area contributed by atoms with Crippen molar-refractivity contribution in [2.75, 3.05) is 6.26 Å². The molecule has 6 nitrogen and oxygen atoms in total. The molecule has 2 heterocycles. The molecule has 0 atom stereocenters. The van der Waals surface area contributed by atoms with E-state index < -0.39 is 9.84 Å². The van der Waals surface area contributed by atoms with Gasteiger partial charge in [0.1, 0.15) is 5.76 Å². The average Bonchev–Trinajstić information content (AvgIpc) is 3.19. The Kier molecular flexibility index (Phi) is 5.71. The Morgan fingerprint density at radius 2 is 1.89 bits per heavy atom. The molecule has 3 aromatic rings. The Labute approximate surface area is 158 Å². The molecule has 3 rings (SSSR count). The van der Waals surface area contributed by atoms with Gasteiger partial charge in [-0.3, -0.25) is 9.78 Å². The molecule has 1 amide bonds. The zero-order valence-corrected chi connectivity index (χ0v) is 15.7. The summed E-state index contributed by atoms with van der Waals surface area (Å²) in [5.74, 6) is 0.652. The van der Waals surface area contributed by atoms with Gasteiger partial charge in [-0.2, -0.15) is 0 Å². The van der Waals surface area contributed by atoms with Crippen LogP contribution >= 0.6 is 0 Å². The molecule has 140 valence electrons. The predicted molar refractivity (Wildman–Crippen MR) is 102 cm³/mol. The van der Waals surface area contributed by atoms with Crippen LogP contribution in [0.25, 0.3) is 11.3 Å². The average molecular weight is 384 g/mol. The lowest BCUT2D eigenvalue weighted by molar-refractivity contribution is -0.121. The van der Waals surface area contributed by atoms with Gasteiger partial charge in [-0.1, -0.05) is 12.1 Å². The van der Waals surface area contributed by atoms with Gasteiger partial charge in [0.05, 0.1) is 11.2 Å². The lowest BCUT2D eigenvalue weighted by atomic mass is 10.1. The van der Waals surface area contributed by atoms with Crippen molar-refractivity contribution in [1.82, 2.24) is 10.3 Å². The standard InChI is InChI=1S/C20H20N2O4S/c1-27(24,25)18-7-4-15(5-8-18)6-9-20(23)22-13-16-11-17(14-21-12-16)19-3-2-10-26-19/h2-5,7-8,10-12,14H,6,9,13H2,1H3,(H,22,23). The Morgan fingerprint density at radius 1 is 1.11 bits per heavy atom. The van der Waals surface area contributed by atoms with Gasteiger partial charge in [0.15, 0.2) is 9.84 Å². The Balaban J connectivity index is 1.51. The minimum atomic E-state index is -3.20. The number of nitrogens with zero attached hydrogens (tertiary/aromatic N) is 1. The van der Waals surface area contributed by atoms with E-state index in [1.54, 1.807) is 42.9 Å². The highest BCUT2D eigenvalue weighted by Gasteiger charge is 2.08. The van der Waals surface area contributed by atoms with E-state index in [4.69, 9.17) is 4.42 Å². The highest BCUT2D eigenvalue weighted by molar-refractivity contribution is 7.90. The summed E-state index contributed by atoms with van der Waals surface area (Å²) in [6.45, 7) is 0.382. The third-order valence-corrected chi connectivity index (χ3v) is 5.21. The normalized spacial score (nSPS) is 11.3. The molecular formula is C20H20N2O4S. The molecule has 0 radical (unpaired) electrons. The number of amides is 1. The van der Waals surface area contributed by atoms with E-state index in [1.165, 1.54) is 6.26 Å². The second-order valence-corrected chi connectivity index (χ2v) is 8.27. The fourth-order valence-electron chi connectivity index (χ4n) is 2.61. The Morgan fingerprint density at radius 3 is 2.56 bits per heavy atom. The summed E-state index contributed by atoms with van der Waals surface area (Å²) in [6.07, 6.45) is 7.06. The van der Waals surface area contributed by atoms with Crippen LogP contribution in [0.4, 0.5) is 0 Å². The summed E-state index contributed by atoms with van der Waals surface area (Å²) in [7, 11) is -3.20. The molecule has 1 N–H and O–H groups in total. The molecule has 0 aliphatic heterocycles. The maximum Gasteiger partial charge on any atom is 0.220 e. The topological polar surface area (TPSA) is 89.3 Å². The van der Waals surface area contributed by atoms with Crippen LogP contribution in [0.2, 0.25) is 0 Å². The number of carbonyl (C=O) groups is 1. The van der Waals surface area contributed by atoms with Crippen LogP contribution in [-0.4, -0.2) is 25.6 Å². The summed E-state index contributed by atoms with van der Waals surface area (Å²) < 4.78 is 28.3. The maximum atomic E-state index is 12.1. The smallest absolute Gasteiger partial charge is 0.220 e. The van der Waals surface area contributed by atoms with Crippen LogP contribution in [-0.2, 0) is 27.6 Å². The molecule has 0 fully saturated rings. The fraction of sp³-hybridized carbons (Fsp3) is 0.200. The van der Waals surface area contributed by atoms with Crippen LogP contribution in [0.1, 0.15) is 17.5 Å². The third kappa shape index (κ3) is 5.27. The van der Waals surface area contributed by atoms with E-state index in [0.29, 0.717) is 19.4 Å². The number of nitrogens with one attached hydrogen (secondary N) is 1. The number of hydrogen-bond acceptors (Lipinski definition) is 5. The summed E-state index contributed by atoms with van der Waals surface area (Å²) in [5, 5.41) is 2.87. The SMILES string of the molecule is CS(=O)(=O)c1ccc(CCC(=O)NCc2cncc(-c3ccco3)c2)cc1. The molecule has 0 saturated heterocycles. The predicted octanol–water partition coefficient (Wildman–Crippen LogP) is 2.99. The van der Waals surface area contributed by atoms with Crippen molar-refractivity contribution in [3.63, 3.8) is 0 Å². The first kappa shape index (κ1) is 18.8. The van der Waals surface area contributed by atoms with Crippen molar-refractivity contribution in [1.29, 1.82) is 0 Å². The molecule has 0 spiro atoms. The first-order valence-corrected chi connectivity index (χ1v) is 10.3. The first-order chi connectivity index (χ1) is 12.9. The van der Waals surface area contributed by atoms with Gasteiger partial charge in [-0.15, -0.1) is 0 Å². The quantitative estimate of drug-likeness (QED) is 0.676. The number of carbonyl (C=O) groups excluding carboxylic acids is 1. The summed E-state index contributed by atoms with van der Waals surface area (Å²) >= 11 is 0. The molecular weight excluding hydrogens is 364 g/mol. The minimum absolute atomic E-state index is 0.0782. The molecule has 27 heavy (non-hydrogen) atoms. The largest absolute Gasteiger partial charge is 0.464 e. The van der Waals surface area contributed by atoms with Crippen molar-refractivity contribution in [2.45, 2.75) is 24.3 Å². The van der Waals surface area contributed by atoms with Crippen LogP contribution in [0, 0.1) is 0 Å². The molecule has 1 aromatic carbocycles.